The van der Waals surface area contributed by atoms with Crippen LogP contribution in [0.2, 0.25) is 10.0 Å². The van der Waals surface area contributed by atoms with Crippen molar-refractivity contribution in [2.45, 2.75) is 19.0 Å². The van der Waals surface area contributed by atoms with E-state index in [1.807, 2.05) is 25.1 Å². The van der Waals surface area contributed by atoms with E-state index in [0.717, 1.165) is 11.3 Å². The van der Waals surface area contributed by atoms with Gasteiger partial charge >= 0.3 is 0 Å². The minimum absolute atomic E-state index is 0.0962. The molecule has 29 heavy (non-hydrogen) atoms. The Bertz CT molecular complexity index is 1070. The van der Waals surface area contributed by atoms with Crippen LogP contribution in [0.15, 0.2) is 47.9 Å². The van der Waals surface area contributed by atoms with Gasteiger partial charge in [-0.2, -0.15) is 0 Å². The Labute approximate surface area is 181 Å². The van der Waals surface area contributed by atoms with Gasteiger partial charge in [0.1, 0.15) is 6.33 Å². The number of amides is 2. The van der Waals surface area contributed by atoms with Crippen LogP contribution in [0.3, 0.4) is 0 Å². The second-order valence-corrected chi connectivity index (χ2v) is 7.89. The minimum atomic E-state index is -0.270. The summed E-state index contributed by atoms with van der Waals surface area (Å²) in [6.45, 7) is 3.32. The molecule has 0 radical (unpaired) electrons. The van der Waals surface area contributed by atoms with E-state index in [4.69, 9.17) is 23.2 Å². The van der Waals surface area contributed by atoms with Crippen LogP contribution in [0, 0.1) is 6.92 Å². The fourth-order valence-corrected chi connectivity index (χ4v) is 3.52. The van der Waals surface area contributed by atoms with E-state index >= 15 is 0 Å². The molecule has 0 unspecified atom stereocenters. The van der Waals surface area contributed by atoms with E-state index in [1.165, 1.54) is 18.7 Å². The molecule has 0 saturated carbocycles. The number of aryl methyl sites for hydroxylation is 1. The van der Waals surface area contributed by atoms with Gasteiger partial charge in [0.2, 0.25) is 11.8 Å². The summed E-state index contributed by atoms with van der Waals surface area (Å²) < 4.78 is 1.76. The monoisotopic (exact) mass is 449 g/mol. The van der Waals surface area contributed by atoms with E-state index in [2.05, 4.69) is 20.8 Å². The van der Waals surface area contributed by atoms with Gasteiger partial charge in [0.15, 0.2) is 5.16 Å². The molecular weight excluding hydrogens is 433 g/mol. The Morgan fingerprint density at radius 1 is 1.10 bits per heavy atom. The molecule has 10 heteroatoms. The molecule has 0 bridgehead atoms. The van der Waals surface area contributed by atoms with Crippen LogP contribution in [0.1, 0.15) is 12.5 Å². The summed E-state index contributed by atoms with van der Waals surface area (Å²) in [5, 5.41) is 14.9. The highest BCUT2D eigenvalue weighted by molar-refractivity contribution is 7.99. The summed E-state index contributed by atoms with van der Waals surface area (Å²) in [6, 6.07) is 10.5. The highest BCUT2D eigenvalue weighted by Crippen LogP contribution is 2.27. The van der Waals surface area contributed by atoms with Gasteiger partial charge in [0, 0.05) is 17.6 Å². The van der Waals surface area contributed by atoms with Crippen molar-refractivity contribution in [1.29, 1.82) is 0 Å². The maximum atomic E-state index is 12.4. The normalized spacial score (nSPS) is 10.6. The van der Waals surface area contributed by atoms with Crippen molar-refractivity contribution in [2.24, 2.45) is 0 Å². The molecule has 3 aromatic rings. The summed E-state index contributed by atoms with van der Waals surface area (Å²) in [5.74, 6) is -0.386. The fraction of sp³-hybridized carbons (Fsp3) is 0.158. The number of aromatic nitrogens is 3. The summed E-state index contributed by atoms with van der Waals surface area (Å²) in [5.41, 5.74) is 2.73. The molecular formula is C19H17Cl2N5O2S. The van der Waals surface area contributed by atoms with Crippen molar-refractivity contribution in [1.82, 2.24) is 14.8 Å². The molecule has 0 aliphatic heterocycles. The van der Waals surface area contributed by atoms with E-state index in [9.17, 15) is 9.59 Å². The summed E-state index contributed by atoms with van der Waals surface area (Å²) >= 11 is 13.6. The Balaban J connectivity index is 1.67. The van der Waals surface area contributed by atoms with Gasteiger partial charge in [-0.1, -0.05) is 41.0 Å². The third-order valence-electron chi connectivity index (χ3n) is 3.84. The van der Waals surface area contributed by atoms with Crippen LogP contribution in [0.4, 0.5) is 11.4 Å². The van der Waals surface area contributed by atoms with Gasteiger partial charge < -0.3 is 10.6 Å². The molecule has 0 aliphatic rings. The number of carbonyl (C=O) groups is 2. The zero-order valence-corrected chi connectivity index (χ0v) is 17.9. The number of benzene rings is 2. The van der Waals surface area contributed by atoms with Crippen LogP contribution in [-0.4, -0.2) is 32.3 Å². The van der Waals surface area contributed by atoms with Crippen molar-refractivity contribution < 1.29 is 9.59 Å². The molecule has 0 aliphatic carbocycles. The Kier molecular flexibility index (Phi) is 6.79. The van der Waals surface area contributed by atoms with E-state index in [0.29, 0.717) is 26.6 Å². The number of carbonyl (C=O) groups excluding carboxylic acids is 2. The zero-order valence-electron chi connectivity index (χ0n) is 15.6. The first-order valence-corrected chi connectivity index (χ1v) is 10.2. The SMILES string of the molecule is CC(=O)Nc1ccc(Cl)c(NC(=O)CSc2nncn2-c2ccc(C)c(Cl)c2)c1. The van der Waals surface area contributed by atoms with Gasteiger partial charge in [-0.25, -0.2) is 0 Å². The standard InChI is InChI=1S/C19H17Cl2N5O2S/c1-11-3-5-14(8-16(11)21)26-10-22-25-19(26)29-9-18(28)24-17-7-13(23-12(2)27)4-6-15(17)20/h3-8,10H,9H2,1-2H3,(H,23,27)(H,24,28). The predicted octanol–water partition coefficient (Wildman–Crippen LogP) is 4.57. The number of halogens is 2. The Hall–Kier alpha value is -2.55. The van der Waals surface area contributed by atoms with Crippen LogP contribution >= 0.6 is 35.0 Å². The van der Waals surface area contributed by atoms with Crippen LogP contribution in [0.25, 0.3) is 5.69 Å². The first-order valence-electron chi connectivity index (χ1n) is 8.50. The third-order valence-corrected chi connectivity index (χ3v) is 5.52. The lowest BCUT2D eigenvalue weighted by molar-refractivity contribution is -0.114. The molecule has 2 N–H and O–H groups in total. The molecule has 1 heterocycles. The van der Waals surface area contributed by atoms with E-state index in [1.54, 1.807) is 29.1 Å². The van der Waals surface area contributed by atoms with Crippen molar-refractivity contribution in [2.75, 3.05) is 16.4 Å². The maximum absolute atomic E-state index is 12.4. The molecule has 0 saturated heterocycles. The summed E-state index contributed by atoms with van der Waals surface area (Å²) in [6.07, 6.45) is 1.56. The maximum Gasteiger partial charge on any atom is 0.234 e. The van der Waals surface area contributed by atoms with Crippen molar-refractivity contribution in [3.63, 3.8) is 0 Å². The van der Waals surface area contributed by atoms with Gasteiger partial charge in [-0.05, 0) is 42.8 Å². The number of anilines is 2. The van der Waals surface area contributed by atoms with Gasteiger partial charge in [-0.15, -0.1) is 10.2 Å². The first kappa shape index (κ1) is 21.2. The quantitative estimate of drug-likeness (QED) is 0.537. The number of hydrogen-bond donors (Lipinski definition) is 2. The second-order valence-electron chi connectivity index (χ2n) is 6.13. The number of hydrogen-bond acceptors (Lipinski definition) is 5. The number of nitrogens with one attached hydrogen (secondary N) is 2. The van der Waals surface area contributed by atoms with Crippen molar-refractivity contribution in [3.8, 4) is 5.69 Å². The third kappa shape index (κ3) is 5.50. The van der Waals surface area contributed by atoms with Gasteiger partial charge in [0.25, 0.3) is 0 Å². The summed E-state index contributed by atoms with van der Waals surface area (Å²) in [4.78, 5) is 23.6. The first-order chi connectivity index (χ1) is 13.8. The van der Waals surface area contributed by atoms with Crippen molar-refractivity contribution in [3.05, 3.63) is 58.3 Å². The minimum Gasteiger partial charge on any atom is -0.326 e. The van der Waals surface area contributed by atoms with Crippen LogP contribution < -0.4 is 10.6 Å². The van der Waals surface area contributed by atoms with Gasteiger partial charge in [0.05, 0.1) is 22.2 Å². The number of thioether (sulfide) groups is 1. The molecule has 0 fully saturated rings. The second kappa shape index (κ2) is 9.30. The highest BCUT2D eigenvalue weighted by atomic mass is 35.5. The lowest BCUT2D eigenvalue weighted by Crippen LogP contribution is -2.15. The largest absolute Gasteiger partial charge is 0.326 e. The Morgan fingerprint density at radius 2 is 1.90 bits per heavy atom. The molecule has 2 amide bonds. The van der Waals surface area contributed by atoms with E-state index < -0.39 is 0 Å². The Morgan fingerprint density at radius 3 is 2.62 bits per heavy atom. The number of rotatable bonds is 6. The molecule has 150 valence electrons. The summed E-state index contributed by atoms with van der Waals surface area (Å²) in [7, 11) is 0. The molecule has 7 nitrogen and oxygen atoms in total. The average Bonchev–Trinajstić information content (AvgIpc) is 3.13. The molecule has 0 spiro atoms. The van der Waals surface area contributed by atoms with Crippen LogP contribution in [0.5, 0.6) is 0 Å². The molecule has 0 atom stereocenters. The smallest absolute Gasteiger partial charge is 0.234 e. The zero-order chi connectivity index (χ0) is 21.0. The highest BCUT2D eigenvalue weighted by Gasteiger charge is 2.13. The predicted molar refractivity (Wildman–Crippen MR) is 116 cm³/mol. The molecule has 2 aromatic carbocycles. The lowest BCUT2D eigenvalue weighted by Gasteiger charge is -2.10. The average molecular weight is 450 g/mol. The molecule has 3 rings (SSSR count). The van der Waals surface area contributed by atoms with Crippen molar-refractivity contribution >= 4 is 58.2 Å². The van der Waals surface area contributed by atoms with Crippen LogP contribution in [-0.2, 0) is 9.59 Å². The van der Waals surface area contributed by atoms with Gasteiger partial charge in [-0.3, -0.25) is 14.2 Å². The number of nitrogens with zero attached hydrogens (tertiary/aromatic N) is 3. The van der Waals surface area contributed by atoms with E-state index in [-0.39, 0.29) is 17.6 Å². The topological polar surface area (TPSA) is 88.9 Å². The fourth-order valence-electron chi connectivity index (χ4n) is 2.45. The lowest BCUT2D eigenvalue weighted by atomic mass is 10.2. The molecule has 1 aromatic heterocycles.